The molecule has 1 heterocycles. The summed E-state index contributed by atoms with van der Waals surface area (Å²) in [6.07, 6.45) is 0. The average molecular weight is 408 g/mol. The summed E-state index contributed by atoms with van der Waals surface area (Å²) >= 11 is 0. The molecule has 1 aliphatic rings. The quantitative estimate of drug-likeness (QED) is 0.687. The number of hydrogen-bond acceptors (Lipinski definition) is 5. The van der Waals surface area contributed by atoms with Gasteiger partial charge in [0, 0.05) is 0 Å². The summed E-state index contributed by atoms with van der Waals surface area (Å²) in [5.74, 6) is -1.68. The normalized spacial score (nSPS) is 16.0. The zero-order valence-corrected chi connectivity index (χ0v) is 16.9. The molecule has 1 aliphatic heterocycles. The van der Waals surface area contributed by atoms with Crippen molar-refractivity contribution in [3.63, 3.8) is 0 Å². The van der Waals surface area contributed by atoms with E-state index in [4.69, 9.17) is 9.47 Å². The molecule has 1 atom stereocenters. The van der Waals surface area contributed by atoms with Crippen LogP contribution in [0.4, 0.5) is 4.79 Å². The summed E-state index contributed by atoms with van der Waals surface area (Å²) in [7, 11) is 0. The lowest BCUT2D eigenvalue weighted by atomic mass is 9.91. The van der Waals surface area contributed by atoms with E-state index in [1.54, 1.807) is 13.8 Å². The van der Waals surface area contributed by atoms with Gasteiger partial charge in [0.1, 0.15) is 12.5 Å². The smallest absolute Gasteiger partial charge is 0.338 e. The van der Waals surface area contributed by atoms with Gasteiger partial charge in [-0.3, -0.25) is 4.79 Å². The van der Waals surface area contributed by atoms with Crippen molar-refractivity contribution >= 4 is 18.0 Å². The first kappa shape index (κ1) is 21.1. The number of nitrogens with one attached hydrogen (secondary N) is 2. The van der Waals surface area contributed by atoms with Gasteiger partial charge in [-0.05, 0) is 25.0 Å². The summed E-state index contributed by atoms with van der Waals surface area (Å²) in [6, 6.07) is 17.6. The van der Waals surface area contributed by atoms with Crippen molar-refractivity contribution in [3.8, 4) is 0 Å². The summed E-state index contributed by atoms with van der Waals surface area (Å²) in [6.45, 7) is 3.31. The minimum absolute atomic E-state index is 0.195. The number of hydrogen-bond donors (Lipinski definition) is 2. The van der Waals surface area contributed by atoms with Gasteiger partial charge in [-0.25, -0.2) is 9.59 Å². The summed E-state index contributed by atoms with van der Waals surface area (Å²) < 4.78 is 10.6. The number of amides is 2. The highest BCUT2D eigenvalue weighted by Crippen LogP contribution is 2.26. The lowest BCUT2D eigenvalue weighted by molar-refractivity contribution is -0.144. The van der Waals surface area contributed by atoms with E-state index >= 15 is 0 Å². The molecule has 0 aromatic heterocycles. The van der Waals surface area contributed by atoms with Crippen molar-refractivity contribution in [1.29, 1.82) is 0 Å². The Bertz CT molecular complexity index is 901. The fourth-order valence-corrected chi connectivity index (χ4v) is 3.38. The van der Waals surface area contributed by atoms with E-state index in [0.29, 0.717) is 0 Å². The number of benzene rings is 2. The molecule has 2 aromatic rings. The molecule has 0 radical (unpaired) electrons. The molecule has 0 bridgehead atoms. The molecule has 7 heteroatoms. The van der Waals surface area contributed by atoms with E-state index in [1.807, 2.05) is 60.7 Å². The first-order valence-corrected chi connectivity index (χ1v) is 9.75. The molecular formula is C23H24N2O5. The Kier molecular flexibility index (Phi) is 6.85. The Morgan fingerprint density at radius 1 is 0.967 bits per heavy atom. The van der Waals surface area contributed by atoms with E-state index in [0.717, 1.165) is 11.1 Å². The van der Waals surface area contributed by atoms with Gasteiger partial charge in [0.25, 0.3) is 0 Å². The molecule has 0 saturated heterocycles. The third-order valence-corrected chi connectivity index (χ3v) is 4.73. The van der Waals surface area contributed by atoms with Crippen LogP contribution in [0.1, 0.15) is 30.9 Å². The summed E-state index contributed by atoms with van der Waals surface area (Å²) in [4.78, 5) is 37.3. The highest BCUT2D eigenvalue weighted by molar-refractivity contribution is 5.94. The van der Waals surface area contributed by atoms with Crippen molar-refractivity contribution in [2.45, 2.75) is 25.8 Å². The molecule has 0 spiro atoms. The zero-order valence-electron chi connectivity index (χ0n) is 16.9. The number of carbonyl (C=O) groups is 3. The van der Waals surface area contributed by atoms with Crippen LogP contribution in [0.3, 0.4) is 0 Å². The van der Waals surface area contributed by atoms with E-state index in [-0.39, 0.29) is 24.5 Å². The van der Waals surface area contributed by atoms with Crippen LogP contribution in [0.25, 0.3) is 0 Å². The van der Waals surface area contributed by atoms with Crippen LogP contribution in [-0.4, -0.2) is 37.2 Å². The van der Waals surface area contributed by atoms with Gasteiger partial charge in [-0.1, -0.05) is 60.7 Å². The van der Waals surface area contributed by atoms with Crippen LogP contribution in [-0.2, 0) is 19.1 Å². The van der Waals surface area contributed by atoms with Crippen LogP contribution < -0.4 is 10.6 Å². The average Bonchev–Trinajstić information content (AvgIpc) is 2.73. The van der Waals surface area contributed by atoms with Crippen LogP contribution >= 0.6 is 0 Å². The van der Waals surface area contributed by atoms with Crippen LogP contribution in [0, 0.1) is 0 Å². The van der Waals surface area contributed by atoms with E-state index < -0.39 is 29.9 Å². The van der Waals surface area contributed by atoms with Crippen LogP contribution in [0.2, 0.25) is 0 Å². The molecule has 2 amide bonds. The first-order valence-electron chi connectivity index (χ1n) is 9.75. The first-order chi connectivity index (χ1) is 14.5. The molecule has 156 valence electrons. The highest BCUT2D eigenvalue weighted by Gasteiger charge is 2.31. The molecule has 0 saturated carbocycles. The second-order valence-electron chi connectivity index (χ2n) is 6.79. The molecule has 30 heavy (non-hydrogen) atoms. The summed E-state index contributed by atoms with van der Waals surface area (Å²) in [5.41, 5.74) is 2.03. The van der Waals surface area contributed by atoms with Crippen molar-refractivity contribution in [2.24, 2.45) is 0 Å². The Morgan fingerprint density at radius 2 is 1.53 bits per heavy atom. The number of rotatable bonds is 7. The molecule has 2 aromatic carbocycles. The van der Waals surface area contributed by atoms with Crippen molar-refractivity contribution in [3.05, 3.63) is 83.1 Å². The van der Waals surface area contributed by atoms with Crippen LogP contribution in [0.5, 0.6) is 0 Å². The maximum absolute atomic E-state index is 13.1. The second kappa shape index (κ2) is 9.73. The molecular weight excluding hydrogens is 384 g/mol. The molecule has 0 aliphatic carbocycles. The van der Waals surface area contributed by atoms with Gasteiger partial charge in [0.05, 0.1) is 23.9 Å². The Morgan fingerprint density at radius 3 is 2.07 bits per heavy atom. The van der Waals surface area contributed by atoms with Gasteiger partial charge in [-0.2, -0.15) is 0 Å². The van der Waals surface area contributed by atoms with Gasteiger partial charge >= 0.3 is 18.0 Å². The van der Waals surface area contributed by atoms with Crippen molar-refractivity contribution in [1.82, 2.24) is 10.6 Å². The fourth-order valence-electron chi connectivity index (χ4n) is 3.38. The topological polar surface area (TPSA) is 93.7 Å². The minimum atomic E-state index is -0.631. The number of esters is 2. The lowest BCUT2D eigenvalue weighted by Gasteiger charge is -2.27. The van der Waals surface area contributed by atoms with Crippen LogP contribution in [0.15, 0.2) is 71.9 Å². The Balaban J connectivity index is 1.86. The van der Waals surface area contributed by atoms with Crippen molar-refractivity contribution in [2.75, 3.05) is 13.2 Å². The van der Waals surface area contributed by atoms with Gasteiger partial charge < -0.3 is 20.1 Å². The predicted molar refractivity (Wildman–Crippen MR) is 110 cm³/mol. The maximum atomic E-state index is 13.1. The zero-order chi connectivity index (χ0) is 21.5. The molecule has 7 nitrogen and oxygen atoms in total. The standard InChI is InChI=1S/C23H24N2O5/c1-3-29-21(26)19-15(2)24-23(28)25-18(19)14-30-22(27)20(16-10-6-4-7-11-16)17-12-8-5-9-13-17/h4-13,15,20H,3,14H2,1-2H3,(H2,24,25,28)/t15-/m0/s1. The summed E-state index contributed by atoms with van der Waals surface area (Å²) in [5, 5.41) is 5.17. The minimum Gasteiger partial charge on any atom is -0.463 e. The third kappa shape index (κ3) is 4.86. The monoisotopic (exact) mass is 408 g/mol. The highest BCUT2D eigenvalue weighted by atomic mass is 16.5. The van der Waals surface area contributed by atoms with Crippen molar-refractivity contribution < 1.29 is 23.9 Å². The predicted octanol–water partition coefficient (Wildman–Crippen LogP) is 2.88. The largest absolute Gasteiger partial charge is 0.463 e. The van der Waals surface area contributed by atoms with E-state index in [9.17, 15) is 14.4 Å². The molecule has 3 rings (SSSR count). The van der Waals surface area contributed by atoms with E-state index in [2.05, 4.69) is 10.6 Å². The maximum Gasteiger partial charge on any atom is 0.338 e. The van der Waals surface area contributed by atoms with Gasteiger partial charge in [0.15, 0.2) is 0 Å². The van der Waals surface area contributed by atoms with Gasteiger partial charge in [-0.15, -0.1) is 0 Å². The number of ether oxygens (including phenoxy) is 2. The molecule has 2 N–H and O–H groups in total. The number of urea groups is 1. The lowest BCUT2D eigenvalue weighted by Crippen LogP contribution is -2.50. The van der Waals surface area contributed by atoms with E-state index in [1.165, 1.54) is 0 Å². The molecule has 0 fully saturated rings. The SMILES string of the molecule is CCOC(=O)C1=C(COC(=O)C(c2ccccc2)c2ccccc2)NC(=O)N[C@H]1C. The Hall–Kier alpha value is -3.61. The Labute approximate surface area is 175 Å². The second-order valence-corrected chi connectivity index (χ2v) is 6.79. The fraction of sp³-hybridized carbons (Fsp3) is 0.261. The number of carbonyl (C=O) groups excluding carboxylic acids is 3. The third-order valence-electron chi connectivity index (χ3n) is 4.73. The van der Waals surface area contributed by atoms with Gasteiger partial charge in [0.2, 0.25) is 0 Å². The molecule has 0 unspecified atom stereocenters.